The number of nitrogens with zero attached hydrogens (tertiary/aromatic N) is 1. The van der Waals surface area contributed by atoms with Crippen LogP contribution in [0.5, 0.6) is 0 Å². The zero-order valence-electron chi connectivity index (χ0n) is 12.2. The molecule has 2 N–H and O–H groups in total. The van der Waals surface area contributed by atoms with Crippen molar-refractivity contribution < 1.29 is 14.7 Å². The van der Waals surface area contributed by atoms with Crippen molar-refractivity contribution in [3.05, 3.63) is 0 Å². The smallest absolute Gasteiger partial charge is 0.317 e. The topological polar surface area (TPSA) is 69.6 Å². The highest BCUT2D eigenvalue weighted by Gasteiger charge is 2.29. The lowest BCUT2D eigenvalue weighted by Gasteiger charge is -2.38. The Labute approximate surface area is 115 Å². The van der Waals surface area contributed by atoms with Gasteiger partial charge < -0.3 is 15.3 Å². The molecule has 0 radical (unpaired) electrons. The summed E-state index contributed by atoms with van der Waals surface area (Å²) in [6.07, 6.45) is 3.55. The first-order valence-electron chi connectivity index (χ1n) is 7.11. The molecule has 0 aromatic carbocycles. The van der Waals surface area contributed by atoms with E-state index in [1.165, 1.54) is 0 Å². The fourth-order valence-corrected chi connectivity index (χ4v) is 2.58. The molecule has 19 heavy (non-hydrogen) atoms. The van der Waals surface area contributed by atoms with Crippen molar-refractivity contribution in [2.45, 2.75) is 46.5 Å². The number of carbonyl (C=O) groups is 2. The highest BCUT2D eigenvalue weighted by atomic mass is 16.4. The van der Waals surface area contributed by atoms with Gasteiger partial charge in [0.1, 0.15) is 0 Å². The van der Waals surface area contributed by atoms with Crippen molar-refractivity contribution in [3.8, 4) is 0 Å². The van der Waals surface area contributed by atoms with Gasteiger partial charge in [-0.05, 0) is 24.7 Å². The largest absolute Gasteiger partial charge is 0.481 e. The predicted molar refractivity (Wildman–Crippen MR) is 74.0 cm³/mol. The van der Waals surface area contributed by atoms with E-state index in [0.717, 1.165) is 32.4 Å². The van der Waals surface area contributed by atoms with E-state index >= 15 is 0 Å². The van der Waals surface area contributed by atoms with E-state index in [1.807, 2.05) is 6.92 Å². The van der Waals surface area contributed by atoms with Crippen LogP contribution in [0.4, 0.5) is 4.79 Å². The van der Waals surface area contributed by atoms with Gasteiger partial charge >= 0.3 is 12.0 Å². The van der Waals surface area contributed by atoms with Gasteiger partial charge in [0.05, 0.1) is 5.92 Å². The molecule has 0 saturated carbocycles. The molecule has 1 saturated heterocycles. The summed E-state index contributed by atoms with van der Waals surface area (Å²) < 4.78 is 0. The molecule has 0 bridgehead atoms. The van der Waals surface area contributed by atoms with Crippen LogP contribution in [-0.2, 0) is 4.79 Å². The maximum atomic E-state index is 12.0. The van der Waals surface area contributed by atoms with E-state index < -0.39 is 11.9 Å². The molecule has 1 rings (SSSR count). The second kappa shape index (κ2) is 6.78. The summed E-state index contributed by atoms with van der Waals surface area (Å²) in [6.45, 7) is 7.99. The van der Waals surface area contributed by atoms with Crippen LogP contribution < -0.4 is 5.32 Å². The number of likely N-dealkylation sites (tertiary alicyclic amines) is 1. The van der Waals surface area contributed by atoms with Gasteiger partial charge in [-0.3, -0.25) is 4.79 Å². The Balaban J connectivity index is 2.43. The first-order chi connectivity index (χ1) is 8.85. The number of hydrogen-bond donors (Lipinski definition) is 2. The summed E-state index contributed by atoms with van der Waals surface area (Å²) in [5.74, 6) is -1.31. The summed E-state index contributed by atoms with van der Waals surface area (Å²) in [5, 5.41) is 11.8. The Morgan fingerprint density at radius 1 is 1.42 bits per heavy atom. The molecule has 1 fully saturated rings. The average molecular weight is 270 g/mol. The van der Waals surface area contributed by atoms with E-state index in [4.69, 9.17) is 5.11 Å². The molecule has 0 aromatic heterocycles. The quantitative estimate of drug-likeness (QED) is 0.805. The molecular formula is C14H26N2O3. The number of aliphatic carboxylic acids is 1. The lowest BCUT2D eigenvalue weighted by Crippen LogP contribution is -2.49. The maximum Gasteiger partial charge on any atom is 0.317 e. The van der Waals surface area contributed by atoms with Crippen molar-refractivity contribution in [2.24, 2.45) is 11.3 Å². The first-order valence-corrected chi connectivity index (χ1v) is 7.11. The van der Waals surface area contributed by atoms with Crippen molar-refractivity contribution >= 4 is 12.0 Å². The average Bonchev–Trinajstić information content (AvgIpc) is 2.32. The van der Waals surface area contributed by atoms with Gasteiger partial charge in [0.2, 0.25) is 0 Å². The molecule has 0 aromatic rings. The predicted octanol–water partition coefficient (Wildman–Crippen LogP) is 2.32. The van der Waals surface area contributed by atoms with Gasteiger partial charge in [-0.15, -0.1) is 0 Å². The van der Waals surface area contributed by atoms with Crippen LogP contribution in [0, 0.1) is 11.3 Å². The highest BCUT2D eigenvalue weighted by Crippen LogP contribution is 2.28. The van der Waals surface area contributed by atoms with E-state index in [2.05, 4.69) is 19.2 Å². The molecule has 2 amide bonds. The van der Waals surface area contributed by atoms with Crippen molar-refractivity contribution in [1.29, 1.82) is 0 Å². The van der Waals surface area contributed by atoms with Crippen molar-refractivity contribution in [2.75, 3.05) is 19.6 Å². The molecule has 1 heterocycles. The number of hydrogen-bond acceptors (Lipinski definition) is 2. The zero-order chi connectivity index (χ0) is 14.5. The van der Waals surface area contributed by atoms with E-state index in [1.54, 1.807) is 4.90 Å². The third kappa shape index (κ3) is 5.09. The molecule has 0 aliphatic carbocycles. The van der Waals surface area contributed by atoms with Crippen molar-refractivity contribution in [3.63, 3.8) is 0 Å². The summed E-state index contributed by atoms with van der Waals surface area (Å²) in [7, 11) is 0. The van der Waals surface area contributed by atoms with E-state index in [0.29, 0.717) is 6.42 Å². The molecule has 1 unspecified atom stereocenters. The van der Waals surface area contributed by atoms with Crippen LogP contribution in [-0.4, -0.2) is 41.6 Å². The lowest BCUT2D eigenvalue weighted by molar-refractivity contribution is -0.141. The third-order valence-electron chi connectivity index (χ3n) is 3.67. The van der Waals surface area contributed by atoms with E-state index in [9.17, 15) is 9.59 Å². The molecule has 1 atom stereocenters. The van der Waals surface area contributed by atoms with Crippen LogP contribution in [0.1, 0.15) is 46.5 Å². The number of carbonyl (C=O) groups excluding carboxylic acids is 1. The maximum absolute atomic E-state index is 12.0. The number of urea groups is 1. The summed E-state index contributed by atoms with van der Waals surface area (Å²) in [6, 6.07) is -0.130. The van der Waals surface area contributed by atoms with Gasteiger partial charge in [0.25, 0.3) is 0 Å². The molecular weight excluding hydrogens is 244 g/mol. The Morgan fingerprint density at radius 3 is 2.63 bits per heavy atom. The fraction of sp³-hybridized carbons (Fsp3) is 0.857. The van der Waals surface area contributed by atoms with Crippen LogP contribution in [0.25, 0.3) is 0 Å². The molecule has 1 aliphatic heterocycles. The Kier molecular flexibility index (Phi) is 5.63. The van der Waals surface area contributed by atoms with Gasteiger partial charge in [-0.1, -0.05) is 27.2 Å². The fourth-order valence-electron chi connectivity index (χ4n) is 2.58. The van der Waals surface area contributed by atoms with Crippen LogP contribution in [0.3, 0.4) is 0 Å². The van der Waals surface area contributed by atoms with Crippen LogP contribution in [0.2, 0.25) is 0 Å². The Morgan fingerprint density at radius 2 is 2.11 bits per heavy atom. The standard InChI is InChI=1S/C14H26N2O3/c1-4-6-11(12(17)18)9-15-13(19)16-8-5-7-14(2,3)10-16/h11H,4-10H2,1-3H3,(H,15,19)(H,17,18). The van der Waals surface area contributed by atoms with Crippen molar-refractivity contribution in [1.82, 2.24) is 10.2 Å². The SMILES string of the molecule is CCCC(CNC(=O)N1CCCC(C)(C)C1)C(=O)O. The molecule has 110 valence electrons. The van der Waals surface area contributed by atoms with Gasteiger partial charge in [0.15, 0.2) is 0 Å². The molecule has 1 aliphatic rings. The minimum atomic E-state index is -0.832. The van der Waals surface area contributed by atoms with E-state index in [-0.39, 0.29) is 18.0 Å². The van der Waals surface area contributed by atoms with Gasteiger partial charge in [-0.25, -0.2) is 4.79 Å². The van der Waals surface area contributed by atoms with Crippen LogP contribution in [0.15, 0.2) is 0 Å². The second-order valence-electron chi connectivity index (χ2n) is 6.20. The Hall–Kier alpha value is -1.26. The highest BCUT2D eigenvalue weighted by molar-refractivity contribution is 5.76. The Bertz CT molecular complexity index is 329. The summed E-state index contributed by atoms with van der Waals surface area (Å²) >= 11 is 0. The number of rotatable bonds is 5. The number of carboxylic acid groups (broad SMARTS) is 1. The van der Waals surface area contributed by atoms with Gasteiger partial charge in [-0.2, -0.15) is 0 Å². The number of piperidine rings is 1. The molecule has 0 spiro atoms. The van der Waals surface area contributed by atoms with Gasteiger partial charge in [0, 0.05) is 19.6 Å². The minimum absolute atomic E-state index is 0.130. The second-order valence-corrected chi connectivity index (χ2v) is 6.20. The summed E-state index contributed by atoms with van der Waals surface area (Å²) in [5.41, 5.74) is 0.158. The number of nitrogens with one attached hydrogen (secondary N) is 1. The minimum Gasteiger partial charge on any atom is -0.481 e. The zero-order valence-corrected chi connectivity index (χ0v) is 12.2. The summed E-state index contributed by atoms with van der Waals surface area (Å²) in [4.78, 5) is 24.9. The number of amides is 2. The molecule has 5 heteroatoms. The van der Waals surface area contributed by atoms with Crippen LogP contribution >= 0.6 is 0 Å². The third-order valence-corrected chi connectivity index (χ3v) is 3.67. The lowest BCUT2D eigenvalue weighted by atomic mass is 9.84. The monoisotopic (exact) mass is 270 g/mol. The number of carboxylic acids is 1. The molecule has 5 nitrogen and oxygen atoms in total. The normalized spacial score (nSPS) is 19.8. The first kappa shape index (κ1) is 15.8.